The van der Waals surface area contributed by atoms with Crippen molar-refractivity contribution in [3.63, 3.8) is 0 Å². The summed E-state index contributed by atoms with van der Waals surface area (Å²) >= 11 is 0. The van der Waals surface area contributed by atoms with E-state index >= 15 is 0 Å². The van der Waals surface area contributed by atoms with Gasteiger partial charge in [0, 0.05) is 6.54 Å². The lowest BCUT2D eigenvalue weighted by Gasteiger charge is -2.22. The number of carbonyl (C=O) groups excluding carboxylic acids is 2. The van der Waals surface area contributed by atoms with Crippen molar-refractivity contribution in [1.82, 2.24) is 5.32 Å². The van der Waals surface area contributed by atoms with Gasteiger partial charge in [0.2, 0.25) is 0 Å². The lowest BCUT2D eigenvalue weighted by molar-refractivity contribution is -0.156. The van der Waals surface area contributed by atoms with Crippen LogP contribution in [0.15, 0.2) is 0 Å². The van der Waals surface area contributed by atoms with E-state index in [4.69, 9.17) is 16.2 Å². The first kappa shape index (κ1) is 14.7. The van der Waals surface area contributed by atoms with Crippen LogP contribution >= 0.6 is 0 Å². The van der Waals surface area contributed by atoms with E-state index in [2.05, 4.69) is 5.32 Å². The monoisotopic (exact) mass is 231 g/mol. The Hall–Kier alpha value is -1.30. The first-order valence-electron chi connectivity index (χ1n) is 5.24. The van der Waals surface area contributed by atoms with Crippen LogP contribution < -0.4 is 16.8 Å². The lowest BCUT2D eigenvalue weighted by Crippen LogP contribution is -2.38. The number of urea groups is 1. The van der Waals surface area contributed by atoms with E-state index in [1.165, 1.54) is 0 Å². The zero-order valence-electron chi connectivity index (χ0n) is 10.1. The predicted octanol–water partition coefficient (Wildman–Crippen LogP) is 0.104. The van der Waals surface area contributed by atoms with Crippen LogP contribution in [-0.4, -0.2) is 30.2 Å². The summed E-state index contributed by atoms with van der Waals surface area (Å²) in [5, 5.41) is 2.42. The van der Waals surface area contributed by atoms with Crippen molar-refractivity contribution in [3.8, 4) is 0 Å². The summed E-state index contributed by atoms with van der Waals surface area (Å²) < 4.78 is 5.10. The summed E-state index contributed by atoms with van der Waals surface area (Å²) in [4.78, 5) is 21.8. The van der Waals surface area contributed by atoms with Crippen molar-refractivity contribution in [2.24, 2.45) is 11.5 Å². The first-order valence-corrected chi connectivity index (χ1v) is 5.24. The number of nitrogens with two attached hydrogens (primary N) is 2. The van der Waals surface area contributed by atoms with E-state index < -0.39 is 23.6 Å². The molecular formula is C10H21N3O3. The third kappa shape index (κ3) is 8.05. The maximum absolute atomic E-state index is 11.4. The molecule has 0 radical (unpaired) electrons. The second-order valence-electron chi connectivity index (χ2n) is 4.57. The molecule has 0 aliphatic carbocycles. The van der Waals surface area contributed by atoms with Gasteiger partial charge >= 0.3 is 12.0 Å². The Morgan fingerprint density at radius 3 is 2.38 bits per heavy atom. The fourth-order valence-corrected chi connectivity index (χ4v) is 1.03. The minimum absolute atomic E-state index is 0.409. The zero-order valence-corrected chi connectivity index (χ0v) is 10.1. The highest BCUT2D eigenvalue weighted by molar-refractivity contribution is 5.75. The second kappa shape index (κ2) is 6.32. The lowest BCUT2D eigenvalue weighted by atomic mass is 10.1. The second-order valence-corrected chi connectivity index (χ2v) is 4.57. The van der Waals surface area contributed by atoms with Gasteiger partial charge < -0.3 is 21.5 Å². The van der Waals surface area contributed by atoms with Crippen molar-refractivity contribution in [3.05, 3.63) is 0 Å². The number of esters is 1. The van der Waals surface area contributed by atoms with Crippen LogP contribution in [0.25, 0.3) is 0 Å². The molecule has 1 atom stereocenters. The number of amides is 2. The molecule has 0 aliphatic heterocycles. The summed E-state index contributed by atoms with van der Waals surface area (Å²) in [5.41, 5.74) is 9.97. The molecule has 6 heteroatoms. The number of carbonyl (C=O) groups is 2. The number of rotatable bonds is 5. The van der Waals surface area contributed by atoms with Crippen LogP contribution in [-0.2, 0) is 9.53 Å². The van der Waals surface area contributed by atoms with Crippen LogP contribution in [0.2, 0.25) is 0 Å². The van der Waals surface area contributed by atoms with Gasteiger partial charge in [0.25, 0.3) is 0 Å². The molecule has 0 rings (SSSR count). The Kier molecular flexibility index (Phi) is 5.81. The van der Waals surface area contributed by atoms with Crippen molar-refractivity contribution in [2.75, 3.05) is 6.54 Å². The van der Waals surface area contributed by atoms with E-state index in [0.717, 1.165) is 0 Å². The van der Waals surface area contributed by atoms with E-state index in [9.17, 15) is 9.59 Å². The molecule has 0 saturated heterocycles. The number of primary amides is 1. The summed E-state index contributed by atoms with van der Waals surface area (Å²) in [5.74, 6) is -0.424. The van der Waals surface area contributed by atoms with Gasteiger partial charge in [0.1, 0.15) is 11.6 Å². The molecule has 16 heavy (non-hydrogen) atoms. The van der Waals surface area contributed by atoms with Crippen molar-refractivity contribution in [2.45, 2.75) is 45.3 Å². The van der Waals surface area contributed by atoms with Crippen molar-refractivity contribution in [1.29, 1.82) is 0 Å². The minimum Gasteiger partial charge on any atom is -0.459 e. The molecule has 0 saturated carbocycles. The fraction of sp³-hybridized carbons (Fsp3) is 0.800. The molecule has 2 amide bonds. The highest BCUT2D eigenvalue weighted by Gasteiger charge is 2.21. The van der Waals surface area contributed by atoms with Gasteiger partial charge in [-0.15, -0.1) is 0 Å². The van der Waals surface area contributed by atoms with Gasteiger partial charge in [0.05, 0.1) is 0 Å². The maximum Gasteiger partial charge on any atom is 0.323 e. The quantitative estimate of drug-likeness (QED) is 0.461. The van der Waals surface area contributed by atoms with E-state index in [1.54, 1.807) is 20.8 Å². The van der Waals surface area contributed by atoms with Crippen LogP contribution in [0.1, 0.15) is 33.6 Å². The molecule has 0 spiro atoms. The molecule has 0 unspecified atom stereocenters. The van der Waals surface area contributed by atoms with Crippen LogP contribution in [0.3, 0.4) is 0 Å². The van der Waals surface area contributed by atoms with Gasteiger partial charge in [0.15, 0.2) is 0 Å². The Labute approximate surface area is 95.7 Å². The molecule has 94 valence electrons. The Morgan fingerprint density at radius 2 is 1.94 bits per heavy atom. The maximum atomic E-state index is 11.4. The molecule has 6 nitrogen and oxygen atoms in total. The first-order chi connectivity index (χ1) is 7.22. The SMILES string of the molecule is CC(C)(C)OC(=O)[C@@H](N)CCCNC(N)=O. The predicted molar refractivity (Wildman–Crippen MR) is 60.6 cm³/mol. The van der Waals surface area contributed by atoms with E-state index in [0.29, 0.717) is 19.4 Å². The molecule has 5 N–H and O–H groups in total. The largest absolute Gasteiger partial charge is 0.459 e. The number of nitrogens with one attached hydrogen (secondary N) is 1. The highest BCUT2D eigenvalue weighted by Crippen LogP contribution is 2.09. The number of hydrogen-bond donors (Lipinski definition) is 3. The summed E-state index contributed by atoms with van der Waals surface area (Å²) in [6.45, 7) is 5.76. The number of ether oxygens (including phenoxy) is 1. The smallest absolute Gasteiger partial charge is 0.323 e. The van der Waals surface area contributed by atoms with E-state index in [1.807, 2.05) is 0 Å². The number of hydrogen-bond acceptors (Lipinski definition) is 4. The van der Waals surface area contributed by atoms with Gasteiger partial charge in [-0.2, -0.15) is 0 Å². The standard InChI is InChI=1S/C10H21N3O3/c1-10(2,3)16-8(14)7(11)5-4-6-13-9(12)15/h7H,4-6,11H2,1-3H3,(H3,12,13,15)/t7-/m0/s1. The van der Waals surface area contributed by atoms with Crippen LogP contribution in [0.5, 0.6) is 0 Å². The third-order valence-electron chi connectivity index (χ3n) is 1.70. The molecule has 0 fully saturated rings. The molecular weight excluding hydrogens is 210 g/mol. The molecule has 0 aliphatic rings. The molecule has 0 heterocycles. The normalized spacial score (nSPS) is 13.0. The van der Waals surface area contributed by atoms with Crippen LogP contribution in [0, 0.1) is 0 Å². The minimum atomic E-state index is -0.658. The van der Waals surface area contributed by atoms with Gasteiger partial charge in [-0.25, -0.2) is 4.79 Å². The van der Waals surface area contributed by atoms with Crippen molar-refractivity contribution >= 4 is 12.0 Å². The summed E-state index contributed by atoms with van der Waals surface area (Å²) in [6, 6.07) is -1.24. The molecule has 0 bridgehead atoms. The Morgan fingerprint density at radius 1 is 1.38 bits per heavy atom. The average Bonchev–Trinajstić information content (AvgIpc) is 2.08. The fourth-order valence-electron chi connectivity index (χ4n) is 1.03. The van der Waals surface area contributed by atoms with Crippen molar-refractivity contribution < 1.29 is 14.3 Å². The van der Waals surface area contributed by atoms with Crippen LogP contribution in [0.4, 0.5) is 4.79 Å². The summed E-state index contributed by atoms with van der Waals surface area (Å²) in [7, 11) is 0. The highest BCUT2D eigenvalue weighted by atomic mass is 16.6. The zero-order chi connectivity index (χ0) is 12.8. The Balaban J connectivity index is 3.76. The van der Waals surface area contributed by atoms with Gasteiger partial charge in [-0.1, -0.05) is 0 Å². The average molecular weight is 231 g/mol. The summed E-state index contributed by atoms with van der Waals surface area (Å²) in [6.07, 6.45) is 1.04. The van der Waals surface area contributed by atoms with Gasteiger partial charge in [-0.3, -0.25) is 4.79 Å². The molecule has 0 aromatic rings. The third-order valence-corrected chi connectivity index (χ3v) is 1.70. The molecule has 0 aromatic heterocycles. The Bertz CT molecular complexity index is 248. The molecule has 0 aromatic carbocycles. The van der Waals surface area contributed by atoms with Gasteiger partial charge in [-0.05, 0) is 33.6 Å². The topological polar surface area (TPSA) is 107 Å². The van der Waals surface area contributed by atoms with E-state index in [-0.39, 0.29) is 0 Å².